The summed E-state index contributed by atoms with van der Waals surface area (Å²) in [5, 5.41) is 16.0. The summed E-state index contributed by atoms with van der Waals surface area (Å²) < 4.78 is 7.69. The molecule has 0 unspecified atom stereocenters. The van der Waals surface area contributed by atoms with Crippen LogP contribution in [0.2, 0.25) is 0 Å². The van der Waals surface area contributed by atoms with Crippen LogP contribution in [-0.4, -0.2) is 28.0 Å². The number of nitrogens with zero attached hydrogens (tertiary/aromatic N) is 2. The van der Waals surface area contributed by atoms with Gasteiger partial charge in [-0.25, -0.2) is 10.2 Å². The Hall–Kier alpha value is -3.88. The first kappa shape index (κ1) is 28.6. The van der Waals surface area contributed by atoms with Crippen LogP contribution in [0, 0.1) is 13.7 Å². The number of halogens is 3. The Morgan fingerprint density at radius 2 is 1.73 bits per heavy atom. The van der Waals surface area contributed by atoms with Gasteiger partial charge in [-0.15, -0.1) is 0 Å². The summed E-state index contributed by atoms with van der Waals surface area (Å²) in [7, 11) is 0. The Labute approximate surface area is 263 Å². The minimum absolute atomic E-state index is 0.128. The van der Waals surface area contributed by atoms with Gasteiger partial charge in [0, 0.05) is 36.7 Å². The van der Waals surface area contributed by atoms with Crippen LogP contribution in [-0.2, 0) is 0 Å². The number of esters is 1. The second kappa shape index (κ2) is 12.3. The normalized spacial score (nSPS) is 11.1. The fourth-order valence-corrected chi connectivity index (χ4v) is 6.10. The van der Waals surface area contributed by atoms with E-state index in [1.165, 1.54) is 30.5 Å². The largest absolute Gasteiger partial charge is 0.421 e. The van der Waals surface area contributed by atoms with Crippen LogP contribution in [0.1, 0.15) is 26.4 Å². The van der Waals surface area contributed by atoms with E-state index in [0.29, 0.717) is 20.2 Å². The third-order valence-electron chi connectivity index (χ3n) is 5.99. The van der Waals surface area contributed by atoms with E-state index in [9.17, 15) is 19.7 Å². The molecule has 0 bridgehead atoms. The molecule has 0 radical (unpaired) electrons. The van der Waals surface area contributed by atoms with Gasteiger partial charge in [0.1, 0.15) is 5.69 Å². The zero-order valence-corrected chi connectivity index (χ0v) is 26.1. The maximum absolute atomic E-state index is 13.4. The van der Waals surface area contributed by atoms with E-state index in [4.69, 9.17) is 4.74 Å². The lowest BCUT2D eigenvalue weighted by Crippen LogP contribution is -2.19. The van der Waals surface area contributed by atoms with Crippen LogP contribution in [0.4, 0.5) is 5.69 Å². The molecule has 5 rings (SSSR count). The summed E-state index contributed by atoms with van der Waals surface area (Å²) in [6.07, 6.45) is 1.36. The highest BCUT2D eigenvalue weighted by Crippen LogP contribution is 2.35. The Bertz CT molecular complexity index is 1840. The van der Waals surface area contributed by atoms with Crippen LogP contribution in [0.3, 0.4) is 0 Å². The van der Waals surface area contributed by atoms with Gasteiger partial charge in [-0.05, 0) is 74.4 Å². The lowest BCUT2D eigenvalue weighted by Gasteiger charge is -2.10. The number of ether oxygens (including phenoxy) is 1. The van der Waals surface area contributed by atoms with E-state index < -0.39 is 16.8 Å². The fourth-order valence-electron chi connectivity index (χ4n) is 4.13. The first-order chi connectivity index (χ1) is 19.7. The Balaban J connectivity index is 1.42. The molecule has 0 saturated heterocycles. The Kier molecular flexibility index (Phi) is 8.61. The number of fused-ring (bicyclic) bond motifs is 1. The molecule has 0 saturated carbocycles. The molecule has 0 spiro atoms. The molecular weight excluding hydrogens is 771 g/mol. The summed E-state index contributed by atoms with van der Waals surface area (Å²) in [6.45, 7) is 0. The van der Waals surface area contributed by atoms with Gasteiger partial charge >= 0.3 is 5.97 Å². The number of nitrogens with one attached hydrogen (secondary N) is 2. The zero-order chi connectivity index (χ0) is 29.1. The van der Waals surface area contributed by atoms with Crippen molar-refractivity contribution >= 4 is 89.1 Å². The van der Waals surface area contributed by atoms with Gasteiger partial charge in [-0.1, -0.05) is 58.4 Å². The van der Waals surface area contributed by atoms with Crippen LogP contribution in [0.25, 0.3) is 22.0 Å². The third-order valence-corrected chi connectivity index (χ3v) is 7.93. The van der Waals surface area contributed by atoms with Crippen LogP contribution < -0.4 is 10.2 Å². The highest BCUT2D eigenvalue weighted by molar-refractivity contribution is 14.1. The molecule has 204 valence electrons. The summed E-state index contributed by atoms with van der Waals surface area (Å²) in [6, 6.07) is 23.9. The summed E-state index contributed by atoms with van der Waals surface area (Å²) in [5.74, 6) is -1.02. The highest BCUT2D eigenvalue weighted by atomic mass is 127. The molecule has 0 aliphatic carbocycles. The number of para-hydroxylation sites is 1. The molecule has 0 aliphatic heterocycles. The van der Waals surface area contributed by atoms with Gasteiger partial charge in [0.15, 0.2) is 5.75 Å². The van der Waals surface area contributed by atoms with Crippen LogP contribution >= 0.6 is 54.5 Å². The molecule has 1 amide bonds. The smallest absolute Gasteiger partial charge is 0.343 e. The molecule has 0 atom stereocenters. The van der Waals surface area contributed by atoms with Crippen molar-refractivity contribution in [1.29, 1.82) is 0 Å². The maximum Gasteiger partial charge on any atom is 0.343 e. The number of benzene rings is 4. The number of non-ortho nitro benzene ring substituents is 1. The Morgan fingerprint density at radius 1 is 1.00 bits per heavy atom. The zero-order valence-electron chi connectivity index (χ0n) is 20.7. The van der Waals surface area contributed by atoms with E-state index in [1.54, 1.807) is 12.1 Å². The van der Waals surface area contributed by atoms with Crippen molar-refractivity contribution in [3.63, 3.8) is 0 Å². The standard InChI is InChI=1S/C29H17Br2IN4O5/c30-19-13-18(27(22(31)14-19)41-29(38)17-9-11-20(12-10-17)36(39)40)15-33-35-28(37)26-24(16-5-2-1-3-6-16)21-7-4-8-23(32)25(21)34-26/h1-15,34H,(H,35,37). The number of hydrazone groups is 1. The Morgan fingerprint density at radius 3 is 2.44 bits per heavy atom. The van der Waals surface area contributed by atoms with Gasteiger partial charge < -0.3 is 9.72 Å². The molecule has 1 aromatic heterocycles. The number of nitro groups is 1. The van der Waals surface area contributed by atoms with Crippen molar-refractivity contribution in [2.24, 2.45) is 5.10 Å². The van der Waals surface area contributed by atoms with Gasteiger partial charge in [0.2, 0.25) is 0 Å². The fraction of sp³-hybridized carbons (Fsp3) is 0. The number of amides is 1. The number of H-pyrrole nitrogens is 1. The summed E-state index contributed by atoms with van der Waals surface area (Å²) in [5.41, 5.74) is 5.78. The minimum Gasteiger partial charge on any atom is -0.421 e. The van der Waals surface area contributed by atoms with E-state index in [-0.39, 0.29) is 17.0 Å². The molecule has 5 aromatic rings. The highest BCUT2D eigenvalue weighted by Gasteiger charge is 2.21. The van der Waals surface area contributed by atoms with Crippen molar-refractivity contribution in [3.05, 3.63) is 124 Å². The average molecular weight is 788 g/mol. The molecule has 0 fully saturated rings. The average Bonchev–Trinajstić information content (AvgIpc) is 3.36. The molecule has 1 heterocycles. The number of aromatic amines is 1. The van der Waals surface area contributed by atoms with Gasteiger partial charge in [0.25, 0.3) is 11.6 Å². The quantitative estimate of drug-likeness (QED) is 0.0434. The van der Waals surface area contributed by atoms with Crippen molar-refractivity contribution in [1.82, 2.24) is 10.4 Å². The molecule has 0 aliphatic rings. The first-order valence-corrected chi connectivity index (χ1v) is 14.5. The first-order valence-electron chi connectivity index (χ1n) is 11.9. The van der Waals surface area contributed by atoms with Crippen LogP contribution in [0.5, 0.6) is 5.75 Å². The van der Waals surface area contributed by atoms with Crippen molar-refractivity contribution < 1.29 is 19.2 Å². The van der Waals surface area contributed by atoms with E-state index in [2.05, 4.69) is 70.0 Å². The number of aromatic nitrogens is 1. The summed E-state index contributed by atoms with van der Waals surface area (Å²) in [4.78, 5) is 39.8. The molecule has 9 nitrogen and oxygen atoms in total. The molecule has 4 aromatic carbocycles. The van der Waals surface area contributed by atoms with Crippen molar-refractivity contribution in [2.45, 2.75) is 0 Å². The number of carbonyl (C=O) groups excluding carboxylic acids is 2. The van der Waals surface area contributed by atoms with Crippen LogP contribution in [0.15, 0.2) is 99.0 Å². The van der Waals surface area contributed by atoms with Crippen molar-refractivity contribution in [2.75, 3.05) is 0 Å². The SMILES string of the molecule is O=C(Oc1c(Br)cc(Br)cc1C=NNC(=O)c1[nH]c2c(I)cccc2c1-c1ccccc1)c1ccc([N+](=O)[O-])cc1. The van der Waals surface area contributed by atoms with Gasteiger partial charge in [-0.2, -0.15) is 5.10 Å². The lowest BCUT2D eigenvalue weighted by atomic mass is 10.0. The second-order valence-corrected chi connectivity index (χ2v) is 11.5. The number of rotatable bonds is 7. The van der Waals surface area contributed by atoms with Gasteiger partial charge in [-0.3, -0.25) is 14.9 Å². The lowest BCUT2D eigenvalue weighted by molar-refractivity contribution is -0.384. The monoisotopic (exact) mass is 786 g/mol. The third kappa shape index (κ3) is 6.24. The number of hydrogen-bond donors (Lipinski definition) is 2. The molecule has 12 heteroatoms. The molecular formula is C29H17Br2IN4O5. The summed E-state index contributed by atoms with van der Waals surface area (Å²) >= 11 is 9.03. The second-order valence-electron chi connectivity index (χ2n) is 8.60. The number of nitro benzene ring substituents is 1. The number of carbonyl (C=O) groups is 2. The van der Waals surface area contributed by atoms with E-state index >= 15 is 0 Å². The van der Waals surface area contributed by atoms with E-state index in [1.807, 2.05) is 48.5 Å². The number of hydrogen-bond acceptors (Lipinski definition) is 6. The van der Waals surface area contributed by atoms with E-state index in [0.717, 1.165) is 25.6 Å². The molecule has 41 heavy (non-hydrogen) atoms. The topological polar surface area (TPSA) is 127 Å². The minimum atomic E-state index is -0.721. The molecule has 2 N–H and O–H groups in total. The van der Waals surface area contributed by atoms with Crippen molar-refractivity contribution in [3.8, 4) is 16.9 Å². The predicted molar refractivity (Wildman–Crippen MR) is 171 cm³/mol. The van der Waals surface area contributed by atoms with Gasteiger partial charge in [0.05, 0.1) is 26.7 Å². The maximum atomic E-state index is 13.4. The predicted octanol–water partition coefficient (Wildman–Crippen LogP) is 7.86.